The van der Waals surface area contributed by atoms with Gasteiger partial charge in [0, 0.05) is 18.0 Å². The summed E-state index contributed by atoms with van der Waals surface area (Å²) in [6.07, 6.45) is -0.709. The minimum Gasteiger partial charge on any atom is -0.467 e. The van der Waals surface area contributed by atoms with Gasteiger partial charge in [0.2, 0.25) is 0 Å². The SMILES string of the molecule is COC(=O)C1CN(C(=O)c2ccc(CCl)cc2)CCO1. The Morgan fingerprint density at radius 2 is 2.10 bits per heavy atom. The fourth-order valence-corrected chi connectivity index (χ4v) is 2.20. The molecule has 20 heavy (non-hydrogen) atoms. The molecule has 1 aliphatic heterocycles. The third-order valence-electron chi connectivity index (χ3n) is 3.17. The lowest BCUT2D eigenvalue weighted by atomic mass is 10.1. The van der Waals surface area contributed by atoms with Gasteiger partial charge < -0.3 is 14.4 Å². The van der Waals surface area contributed by atoms with Crippen LogP contribution in [0.25, 0.3) is 0 Å². The van der Waals surface area contributed by atoms with Crippen LogP contribution in [0.2, 0.25) is 0 Å². The molecule has 1 saturated heterocycles. The summed E-state index contributed by atoms with van der Waals surface area (Å²) in [5, 5.41) is 0. The van der Waals surface area contributed by atoms with Crippen molar-refractivity contribution in [3.05, 3.63) is 35.4 Å². The molecule has 0 aliphatic carbocycles. The maximum atomic E-state index is 12.3. The van der Waals surface area contributed by atoms with E-state index in [2.05, 4.69) is 4.74 Å². The van der Waals surface area contributed by atoms with Crippen molar-refractivity contribution in [2.24, 2.45) is 0 Å². The number of esters is 1. The second-order valence-corrected chi connectivity index (χ2v) is 4.73. The molecule has 0 radical (unpaired) electrons. The number of ether oxygens (including phenoxy) is 2. The third kappa shape index (κ3) is 3.29. The Labute approximate surface area is 122 Å². The van der Waals surface area contributed by atoms with Crippen LogP contribution < -0.4 is 0 Å². The first-order chi connectivity index (χ1) is 9.65. The molecule has 2 rings (SSSR count). The fourth-order valence-electron chi connectivity index (χ4n) is 2.03. The van der Waals surface area contributed by atoms with E-state index < -0.39 is 12.1 Å². The predicted molar refractivity (Wildman–Crippen MR) is 73.7 cm³/mol. The largest absolute Gasteiger partial charge is 0.467 e. The molecule has 1 aliphatic rings. The highest BCUT2D eigenvalue weighted by Gasteiger charge is 2.30. The monoisotopic (exact) mass is 297 g/mol. The maximum absolute atomic E-state index is 12.3. The molecule has 108 valence electrons. The van der Waals surface area contributed by atoms with Gasteiger partial charge in [-0.1, -0.05) is 12.1 Å². The first-order valence-electron chi connectivity index (χ1n) is 6.29. The summed E-state index contributed by atoms with van der Waals surface area (Å²) >= 11 is 5.71. The molecule has 1 amide bonds. The first-order valence-corrected chi connectivity index (χ1v) is 6.82. The standard InChI is InChI=1S/C14H16ClNO4/c1-19-14(18)12-9-16(6-7-20-12)13(17)11-4-2-10(8-15)3-5-11/h2-5,12H,6-9H2,1H3. The number of carbonyl (C=O) groups excluding carboxylic acids is 2. The number of rotatable bonds is 3. The molecule has 1 fully saturated rings. The summed E-state index contributed by atoms with van der Waals surface area (Å²) in [7, 11) is 1.30. The number of amides is 1. The first kappa shape index (κ1) is 14.8. The van der Waals surface area contributed by atoms with Crippen LogP contribution in [0.3, 0.4) is 0 Å². The molecular formula is C14H16ClNO4. The number of carbonyl (C=O) groups is 2. The minimum absolute atomic E-state index is 0.122. The maximum Gasteiger partial charge on any atom is 0.336 e. The molecule has 0 saturated carbocycles. The fraction of sp³-hybridized carbons (Fsp3) is 0.429. The van der Waals surface area contributed by atoms with E-state index >= 15 is 0 Å². The predicted octanol–water partition coefficient (Wildman–Crippen LogP) is 1.44. The Bertz CT molecular complexity index is 488. The van der Waals surface area contributed by atoms with Crippen molar-refractivity contribution in [2.75, 3.05) is 26.8 Å². The van der Waals surface area contributed by atoms with Crippen LogP contribution in [-0.4, -0.2) is 49.7 Å². The third-order valence-corrected chi connectivity index (χ3v) is 3.48. The highest BCUT2D eigenvalue weighted by molar-refractivity contribution is 6.17. The number of alkyl halides is 1. The molecule has 6 heteroatoms. The van der Waals surface area contributed by atoms with Crippen molar-refractivity contribution in [2.45, 2.75) is 12.0 Å². The normalized spacial score (nSPS) is 18.7. The summed E-state index contributed by atoms with van der Waals surface area (Å²) in [4.78, 5) is 25.4. The van der Waals surface area contributed by atoms with Gasteiger partial charge in [0.05, 0.1) is 20.3 Å². The zero-order valence-electron chi connectivity index (χ0n) is 11.2. The minimum atomic E-state index is -0.709. The summed E-state index contributed by atoms with van der Waals surface area (Å²) in [6.45, 7) is 0.998. The number of morpholine rings is 1. The topological polar surface area (TPSA) is 55.8 Å². The van der Waals surface area contributed by atoms with Crippen molar-refractivity contribution in [3.8, 4) is 0 Å². The van der Waals surface area contributed by atoms with Crippen molar-refractivity contribution in [1.29, 1.82) is 0 Å². The highest BCUT2D eigenvalue weighted by Crippen LogP contribution is 2.13. The van der Waals surface area contributed by atoms with Gasteiger partial charge in [-0.05, 0) is 17.7 Å². The molecule has 1 aromatic carbocycles. The van der Waals surface area contributed by atoms with Gasteiger partial charge in [-0.15, -0.1) is 11.6 Å². The second kappa shape index (κ2) is 6.72. The van der Waals surface area contributed by atoms with Gasteiger partial charge in [0.25, 0.3) is 5.91 Å². The van der Waals surface area contributed by atoms with E-state index in [0.29, 0.717) is 24.6 Å². The van der Waals surface area contributed by atoms with E-state index in [-0.39, 0.29) is 12.5 Å². The molecule has 0 bridgehead atoms. The summed E-state index contributed by atoms with van der Waals surface area (Å²) < 4.78 is 9.93. The summed E-state index contributed by atoms with van der Waals surface area (Å²) in [5.74, 6) is -0.167. The number of nitrogens with zero attached hydrogens (tertiary/aromatic N) is 1. The molecule has 1 heterocycles. The van der Waals surface area contributed by atoms with Crippen molar-refractivity contribution >= 4 is 23.5 Å². The number of methoxy groups -OCH3 is 1. The van der Waals surface area contributed by atoms with E-state index in [1.807, 2.05) is 12.1 Å². The molecule has 0 aromatic heterocycles. The highest BCUT2D eigenvalue weighted by atomic mass is 35.5. The van der Waals surface area contributed by atoms with Gasteiger partial charge in [-0.3, -0.25) is 4.79 Å². The van der Waals surface area contributed by atoms with E-state index in [9.17, 15) is 9.59 Å². The molecule has 1 unspecified atom stereocenters. The Kier molecular flexibility index (Phi) is 4.98. The molecule has 0 N–H and O–H groups in total. The summed E-state index contributed by atoms with van der Waals surface area (Å²) in [6, 6.07) is 7.11. The molecule has 1 aromatic rings. The van der Waals surface area contributed by atoms with Gasteiger partial charge in [0.1, 0.15) is 0 Å². The zero-order chi connectivity index (χ0) is 14.5. The molecule has 5 nitrogen and oxygen atoms in total. The zero-order valence-corrected chi connectivity index (χ0v) is 11.9. The van der Waals surface area contributed by atoms with E-state index in [1.165, 1.54) is 7.11 Å². The number of hydrogen-bond acceptors (Lipinski definition) is 4. The number of hydrogen-bond donors (Lipinski definition) is 0. The number of benzene rings is 1. The van der Waals surface area contributed by atoms with Crippen LogP contribution in [0.4, 0.5) is 0 Å². The van der Waals surface area contributed by atoms with Crippen LogP contribution in [-0.2, 0) is 20.1 Å². The van der Waals surface area contributed by atoms with Gasteiger partial charge in [-0.25, -0.2) is 4.79 Å². The van der Waals surface area contributed by atoms with Gasteiger partial charge >= 0.3 is 5.97 Å². The van der Waals surface area contributed by atoms with Gasteiger partial charge in [-0.2, -0.15) is 0 Å². The Morgan fingerprint density at radius 3 is 2.70 bits per heavy atom. The quantitative estimate of drug-likeness (QED) is 0.626. The Hall–Kier alpha value is -1.59. The second-order valence-electron chi connectivity index (χ2n) is 4.46. The number of halogens is 1. The van der Waals surface area contributed by atoms with Crippen LogP contribution >= 0.6 is 11.6 Å². The van der Waals surface area contributed by atoms with Crippen LogP contribution in [0.5, 0.6) is 0 Å². The van der Waals surface area contributed by atoms with Crippen molar-refractivity contribution < 1.29 is 19.1 Å². The van der Waals surface area contributed by atoms with Gasteiger partial charge in [0.15, 0.2) is 6.10 Å². The lowest BCUT2D eigenvalue weighted by Crippen LogP contribution is -2.48. The van der Waals surface area contributed by atoms with E-state index in [4.69, 9.17) is 16.3 Å². The lowest BCUT2D eigenvalue weighted by Gasteiger charge is -2.31. The molecule has 1 atom stereocenters. The Morgan fingerprint density at radius 1 is 1.40 bits per heavy atom. The van der Waals surface area contributed by atoms with Crippen molar-refractivity contribution in [3.63, 3.8) is 0 Å². The van der Waals surface area contributed by atoms with Crippen LogP contribution in [0, 0.1) is 0 Å². The van der Waals surface area contributed by atoms with E-state index in [1.54, 1.807) is 17.0 Å². The lowest BCUT2D eigenvalue weighted by molar-refractivity contribution is -0.158. The van der Waals surface area contributed by atoms with Crippen molar-refractivity contribution in [1.82, 2.24) is 4.90 Å². The van der Waals surface area contributed by atoms with Crippen LogP contribution in [0.1, 0.15) is 15.9 Å². The molecular weight excluding hydrogens is 282 g/mol. The van der Waals surface area contributed by atoms with Crippen LogP contribution in [0.15, 0.2) is 24.3 Å². The Balaban J connectivity index is 2.05. The average Bonchev–Trinajstić information content (AvgIpc) is 2.53. The molecule has 0 spiro atoms. The average molecular weight is 298 g/mol. The smallest absolute Gasteiger partial charge is 0.336 e. The summed E-state index contributed by atoms with van der Waals surface area (Å²) in [5.41, 5.74) is 1.53. The van der Waals surface area contributed by atoms with E-state index in [0.717, 1.165) is 5.56 Å².